The molecule has 0 unspecified atom stereocenters. The standard InChI is InChI=1S/C7H10N4O2S/c8-7(14)11-10-4-2-1-3-9-6(13)5(4)12/h1-3H2,(H,9,13)(H3,8,11,14)/b10-4+. The first-order valence-electron chi connectivity index (χ1n) is 4.06. The molecule has 1 rings (SSSR count). The van der Waals surface area contributed by atoms with Crippen molar-refractivity contribution in [2.45, 2.75) is 12.8 Å². The Morgan fingerprint density at radius 2 is 2.29 bits per heavy atom. The number of thiocarbonyl (C=S) groups is 1. The lowest BCUT2D eigenvalue weighted by Gasteiger charge is -1.99. The van der Waals surface area contributed by atoms with Crippen LogP contribution in [0.5, 0.6) is 0 Å². The van der Waals surface area contributed by atoms with Gasteiger partial charge in [0.1, 0.15) is 5.71 Å². The van der Waals surface area contributed by atoms with E-state index in [2.05, 4.69) is 28.1 Å². The minimum atomic E-state index is -0.633. The summed E-state index contributed by atoms with van der Waals surface area (Å²) in [6, 6.07) is 0. The van der Waals surface area contributed by atoms with Crippen LogP contribution in [-0.2, 0) is 9.59 Å². The highest BCUT2D eigenvalue weighted by atomic mass is 32.1. The number of ketones is 1. The van der Waals surface area contributed by atoms with Crippen molar-refractivity contribution in [3.05, 3.63) is 0 Å². The van der Waals surface area contributed by atoms with E-state index in [0.717, 1.165) is 0 Å². The van der Waals surface area contributed by atoms with Crippen LogP contribution in [0.25, 0.3) is 0 Å². The van der Waals surface area contributed by atoms with Crippen molar-refractivity contribution < 1.29 is 9.59 Å². The number of hydrogen-bond donors (Lipinski definition) is 3. The first kappa shape index (κ1) is 10.6. The molecular formula is C7H10N4O2S. The maximum atomic E-state index is 11.3. The minimum absolute atomic E-state index is 0.0324. The number of amides is 1. The summed E-state index contributed by atoms with van der Waals surface area (Å²) in [5, 5.41) is 6.08. The molecule has 1 saturated heterocycles. The van der Waals surface area contributed by atoms with E-state index in [1.54, 1.807) is 0 Å². The average molecular weight is 214 g/mol. The fourth-order valence-electron chi connectivity index (χ4n) is 1.01. The zero-order chi connectivity index (χ0) is 10.6. The molecule has 0 atom stereocenters. The second kappa shape index (κ2) is 4.66. The summed E-state index contributed by atoms with van der Waals surface area (Å²) in [5.74, 6) is -1.27. The molecule has 7 heteroatoms. The van der Waals surface area contributed by atoms with Crippen molar-refractivity contribution in [2.75, 3.05) is 6.54 Å². The van der Waals surface area contributed by atoms with Crippen LogP contribution in [0.3, 0.4) is 0 Å². The highest BCUT2D eigenvalue weighted by molar-refractivity contribution is 7.80. The Morgan fingerprint density at radius 3 is 2.93 bits per heavy atom. The summed E-state index contributed by atoms with van der Waals surface area (Å²) in [6.07, 6.45) is 1.11. The van der Waals surface area contributed by atoms with Crippen LogP contribution in [-0.4, -0.2) is 29.1 Å². The van der Waals surface area contributed by atoms with E-state index >= 15 is 0 Å². The van der Waals surface area contributed by atoms with Crippen LogP contribution in [0.2, 0.25) is 0 Å². The largest absolute Gasteiger partial charge is 0.375 e. The fourth-order valence-corrected chi connectivity index (χ4v) is 1.06. The molecule has 76 valence electrons. The number of hydrogen-bond acceptors (Lipinski definition) is 4. The lowest BCUT2D eigenvalue weighted by atomic mass is 10.1. The number of carbonyl (C=O) groups excluding carboxylic acids is 2. The highest BCUT2D eigenvalue weighted by Crippen LogP contribution is 1.98. The Bertz CT molecular complexity index is 313. The molecule has 0 spiro atoms. The van der Waals surface area contributed by atoms with Crippen molar-refractivity contribution >= 4 is 34.7 Å². The van der Waals surface area contributed by atoms with Gasteiger partial charge in [0, 0.05) is 6.54 Å². The predicted octanol–water partition coefficient (Wildman–Crippen LogP) is -1.35. The smallest absolute Gasteiger partial charge is 0.293 e. The van der Waals surface area contributed by atoms with Crippen molar-refractivity contribution in [1.29, 1.82) is 0 Å². The average Bonchev–Trinajstić information content (AvgIpc) is 2.28. The molecule has 4 N–H and O–H groups in total. The molecule has 1 aliphatic rings. The number of carbonyl (C=O) groups is 2. The lowest BCUT2D eigenvalue weighted by Crippen LogP contribution is -2.34. The molecule has 14 heavy (non-hydrogen) atoms. The Morgan fingerprint density at radius 1 is 1.57 bits per heavy atom. The van der Waals surface area contributed by atoms with E-state index in [-0.39, 0.29) is 10.8 Å². The third-order valence-corrected chi connectivity index (χ3v) is 1.74. The molecule has 0 saturated carbocycles. The number of nitrogens with zero attached hydrogens (tertiary/aromatic N) is 1. The lowest BCUT2D eigenvalue weighted by molar-refractivity contribution is -0.134. The molecule has 0 bridgehead atoms. The molecule has 0 aromatic carbocycles. The van der Waals surface area contributed by atoms with Gasteiger partial charge >= 0.3 is 0 Å². The van der Waals surface area contributed by atoms with Gasteiger partial charge in [0.2, 0.25) is 0 Å². The molecule has 6 nitrogen and oxygen atoms in total. The second-order valence-corrected chi connectivity index (χ2v) is 3.16. The Kier molecular flexibility index (Phi) is 3.52. The molecule has 1 fully saturated rings. The van der Waals surface area contributed by atoms with E-state index in [1.165, 1.54) is 0 Å². The SMILES string of the molecule is NC(=S)N/N=C1\CCCNC(=O)C1=O. The van der Waals surface area contributed by atoms with Gasteiger partial charge in [0.05, 0.1) is 0 Å². The molecule has 0 aliphatic carbocycles. The van der Waals surface area contributed by atoms with Crippen LogP contribution < -0.4 is 16.5 Å². The third-order valence-electron chi connectivity index (χ3n) is 1.65. The number of rotatable bonds is 1. The number of nitrogens with two attached hydrogens (primary N) is 1. The van der Waals surface area contributed by atoms with Crippen LogP contribution in [0.1, 0.15) is 12.8 Å². The molecule has 0 aromatic heterocycles. The van der Waals surface area contributed by atoms with E-state index < -0.39 is 11.7 Å². The van der Waals surface area contributed by atoms with Crippen molar-refractivity contribution in [3.8, 4) is 0 Å². The van der Waals surface area contributed by atoms with Gasteiger partial charge < -0.3 is 11.1 Å². The summed E-state index contributed by atoms with van der Waals surface area (Å²) < 4.78 is 0. The summed E-state index contributed by atoms with van der Waals surface area (Å²) in [6.45, 7) is 0.483. The minimum Gasteiger partial charge on any atom is -0.375 e. The summed E-state index contributed by atoms with van der Waals surface area (Å²) >= 11 is 4.51. The molecule has 1 aliphatic heterocycles. The maximum absolute atomic E-state index is 11.3. The molecule has 0 radical (unpaired) electrons. The Balaban J connectivity index is 2.74. The molecular weight excluding hydrogens is 204 g/mol. The van der Waals surface area contributed by atoms with Crippen molar-refractivity contribution in [1.82, 2.24) is 10.7 Å². The van der Waals surface area contributed by atoms with Gasteiger partial charge in [-0.3, -0.25) is 15.0 Å². The van der Waals surface area contributed by atoms with Gasteiger partial charge in [-0.05, 0) is 25.1 Å². The topological polar surface area (TPSA) is 96.6 Å². The summed E-state index contributed by atoms with van der Waals surface area (Å²) in [4.78, 5) is 22.3. The summed E-state index contributed by atoms with van der Waals surface area (Å²) in [7, 11) is 0. The number of hydrazone groups is 1. The monoisotopic (exact) mass is 214 g/mol. The van der Waals surface area contributed by atoms with Crippen LogP contribution in [0.15, 0.2) is 5.10 Å². The van der Waals surface area contributed by atoms with E-state index in [0.29, 0.717) is 19.4 Å². The van der Waals surface area contributed by atoms with E-state index in [9.17, 15) is 9.59 Å². The van der Waals surface area contributed by atoms with E-state index in [1.807, 2.05) is 0 Å². The quantitative estimate of drug-likeness (QED) is 0.285. The molecule has 1 heterocycles. The third kappa shape index (κ3) is 2.77. The van der Waals surface area contributed by atoms with Crippen LogP contribution >= 0.6 is 12.2 Å². The van der Waals surface area contributed by atoms with Crippen molar-refractivity contribution in [3.63, 3.8) is 0 Å². The fraction of sp³-hybridized carbons (Fsp3) is 0.429. The van der Waals surface area contributed by atoms with Crippen LogP contribution in [0.4, 0.5) is 0 Å². The van der Waals surface area contributed by atoms with Gasteiger partial charge in [-0.25, -0.2) is 0 Å². The normalized spacial score (nSPS) is 20.1. The Hall–Kier alpha value is -1.50. The van der Waals surface area contributed by atoms with Gasteiger partial charge in [-0.15, -0.1) is 0 Å². The van der Waals surface area contributed by atoms with Gasteiger partial charge in [0.25, 0.3) is 11.7 Å². The number of nitrogens with one attached hydrogen (secondary N) is 2. The van der Waals surface area contributed by atoms with E-state index in [4.69, 9.17) is 5.73 Å². The van der Waals surface area contributed by atoms with Gasteiger partial charge in [-0.2, -0.15) is 5.10 Å². The van der Waals surface area contributed by atoms with Gasteiger partial charge in [-0.1, -0.05) is 0 Å². The highest BCUT2D eigenvalue weighted by Gasteiger charge is 2.23. The zero-order valence-electron chi connectivity index (χ0n) is 7.37. The number of Topliss-reactive ketones (excluding diaryl/α,β-unsaturated/α-hetero) is 1. The first-order valence-corrected chi connectivity index (χ1v) is 4.46. The Labute approximate surface area is 85.9 Å². The predicted molar refractivity (Wildman–Crippen MR) is 54.6 cm³/mol. The first-order chi connectivity index (χ1) is 6.61. The molecule has 1 amide bonds. The molecule has 0 aromatic rings. The zero-order valence-corrected chi connectivity index (χ0v) is 8.19. The van der Waals surface area contributed by atoms with Crippen molar-refractivity contribution in [2.24, 2.45) is 10.8 Å². The summed E-state index contributed by atoms with van der Waals surface area (Å²) in [5.41, 5.74) is 7.58. The van der Waals surface area contributed by atoms with Crippen LogP contribution in [0, 0.1) is 0 Å². The maximum Gasteiger partial charge on any atom is 0.293 e. The second-order valence-electron chi connectivity index (χ2n) is 2.72. The van der Waals surface area contributed by atoms with Gasteiger partial charge in [0.15, 0.2) is 5.11 Å².